The Balaban J connectivity index is 2.18. The molecule has 0 atom stereocenters. The Morgan fingerprint density at radius 2 is 2.16 bits per heavy atom. The van der Waals surface area contributed by atoms with Crippen LogP contribution in [0.15, 0.2) is 30.3 Å². The third-order valence-corrected chi connectivity index (χ3v) is 3.89. The highest BCUT2D eigenvalue weighted by molar-refractivity contribution is 6.29. The number of nitriles is 1. The van der Waals surface area contributed by atoms with Gasteiger partial charge in [0.2, 0.25) is 5.91 Å². The molecule has 0 saturated carbocycles. The largest absolute Gasteiger partial charge is 0.416 e. The van der Waals surface area contributed by atoms with E-state index in [9.17, 15) is 23.2 Å². The molecule has 1 aromatic carbocycles. The summed E-state index contributed by atoms with van der Waals surface area (Å²) in [5.74, 6) is -0.523. The summed E-state index contributed by atoms with van der Waals surface area (Å²) in [5.41, 5.74) is -0.617. The number of alkyl halides is 4. The van der Waals surface area contributed by atoms with Gasteiger partial charge in [0.05, 0.1) is 5.56 Å². The number of benzene rings is 1. The van der Waals surface area contributed by atoms with E-state index in [-0.39, 0.29) is 35.1 Å². The van der Waals surface area contributed by atoms with E-state index in [2.05, 4.69) is 5.10 Å². The van der Waals surface area contributed by atoms with Crippen molar-refractivity contribution in [2.24, 2.45) is 0 Å². The van der Waals surface area contributed by atoms with Crippen molar-refractivity contribution in [1.82, 2.24) is 9.78 Å². The summed E-state index contributed by atoms with van der Waals surface area (Å²) in [4.78, 5) is 13.3. The first-order chi connectivity index (χ1) is 11.9. The number of hydrogen-bond acceptors (Lipinski definition) is 3. The maximum atomic E-state index is 12.9. The maximum absolute atomic E-state index is 12.9. The van der Waals surface area contributed by atoms with Crippen molar-refractivity contribution >= 4 is 29.5 Å². The van der Waals surface area contributed by atoms with Gasteiger partial charge in [0, 0.05) is 18.3 Å². The summed E-state index contributed by atoms with van der Waals surface area (Å²) < 4.78 is 40.1. The Labute approximate surface area is 145 Å². The van der Waals surface area contributed by atoms with Crippen LogP contribution in [-0.4, -0.2) is 28.1 Å². The van der Waals surface area contributed by atoms with Crippen molar-refractivity contribution in [1.29, 1.82) is 5.26 Å². The lowest BCUT2D eigenvalue weighted by Gasteiger charge is -2.23. The van der Waals surface area contributed by atoms with Crippen molar-refractivity contribution in [3.05, 3.63) is 41.5 Å². The van der Waals surface area contributed by atoms with Gasteiger partial charge in [-0.1, -0.05) is 12.1 Å². The van der Waals surface area contributed by atoms with Crippen LogP contribution in [-0.2, 0) is 11.0 Å². The van der Waals surface area contributed by atoms with Gasteiger partial charge < -0.3 is 0 Å². The zero-order chi connectivity index (χ0) is 18.2. The molecular formula is C16H10ClF3N4O. The molecule has 0 aliphatic carbocycles. The summed E-state index contributed by atoms with van der Waals surface area (Å²) in [6.07, 6.45) is -1.32. The fourth-order valence-corrected chi connectivity index (χ4v) is 2.71. The van der Waals surface area contributed by atoms with E-state index in [1.54, 1.807) is 12.3 Å². The summed E-state index contributed by atoms with van der Waals surface area (Å²) in [6.45, 7) is 0.202. The van der Waals surface area contributed by atoms with Crippen LogP contribution in [0.2, 0.25) is 0 Å². The minimum Gasteiger partial charge on any atom is -0.291 e. The van der Waals surface area contributed by atoms with E-state index in [4.69, 9.17) is 11.6 Å². The van der Waals surface area contributed by atoms with Crippen molar-refractivity contribution in [3.8, 4) is 17.3 Å². The highest BCUT2D eigenvalue weighted by Crippen LogP contribution is 2.36. The number of fused-ring (bicyclic) bond motifs is 1. The molecule has 2 aromatic rings. The lowest BCUT2D eigenvalue weighted by atomic mass is 10.0. The molecule has 0 bridgehead atoms. The molecule has 2 heterocycles. The topological polar surface area (TPSA) is 61.9 Å². The Morgan fingerprint density at radius 3 is 2.80 bits per heavy atom. The highest BCUT2D eigenvalue weighted by Gasteiger charge is 2.32. The van der Waals surface area contributed by atoms with Crippen LogP contribution in [0.25, 0.3) is 17.5 Å². The standard InChI is InChI=1S/C16H10ClF3N4O/c17-8-13(25)23-5-2-6-24-15(23)12(9-21)14(22-24)10-3-1-4-11(7-10)16(18,19)20/h1-4,6-7H,5,8H2. The average Bonchev–Trinajstić information content (AvgIpc) is 2.99. The van der Waals surface area contributed by atoms with E-state index in [0.717, 1.165) is 12.1 Å². The van der Waals surface area contributed by atoms with Gasteiger partial charge in [-0.15, -0.1) is 11.6 Å². The van der Waals surface area contributed by atoms with Crippen LogP contribution in [0.3, 0.4) is 0 Å². The normalized spacial score (nSPS) is 13.5. The summed E-state index contributed by atoms with van der Waals surface area (Å²) in [7, 11) is 0. The SMILES string of the molecule is N#Cc1c(-c2cccc(C(F)(F)F)c2)nn2c1N(C(=O)CCl)CC=C2. The van der Waals surface area contributed by atoms with Gasteiger partial charge in [-0.25, -0.2) is 4.68 Å². The predicted molar refractivity (Wildman–Crippen MR) is 85.8 cm³/mol. The number of rotatable bonds is 2. The quantitative estimate of drug-likeness (QED) is 0.764. The second-order valence-electron chi connectivity index (χ2n) is 5.20. The molecule has 0 spiro atoms. The fraction of sp³-hybridized carbons (Fsp3) is 0.188. The van der Waals surface area contributed by atoms with Gasteiger partial charge in [-0.2, -0.15) is 23.5 Å². The van der Waals surface area contributed by atoms with Gasteiger partial charge in [-0.3, -0.25) is 9.69 Å². The number of nitrogens with zero attached hydrogens (tertiary/aromatic N) is 4. The van der Waals surface area contributed by atoms with E-state index in [0.29, 0.717) is 0 Å². The van der Waals surface area contributed by atoms with Gasteiger partial charge >= 0.3 is 6.18 Å². The summed E-state index contributed by atoms with van der Waals surface area (Å²) >= 11 is 5.59. The van der Waals surface area contributed by atoms with Crippen LogP contribution in [0.1, 0.15) is 11.1 Å². The lowest BCUT2D eigenvalue weighted by Crippen LogP contribution is -2.35. The van der Waals surface area contributed by atoms with Crippen molar-refractivity contribution in [3.63, 3.8) is 0 Å². The summed E-state index contributed by atoms with van der Waals surface area (Å²) in [5, 5.41) is 13.7. The smallest absolute Gasteiger partial charge is 0.291 e. The van der Waals surface area contributed by atoms with Crippen LogP contribution >= 0.6 is 11.6 Å². The molecule has 0 unspecified atom stereocenters. The highest BCUT2D eigenvalue weighted by atomic mass is 35.5. The molecule has 1 aliphatic rings. The molecular weight excluding hydrogens is 357 g/mol. The number of anilines is 1. The minimum atomic E-state index is -4.51. The van der Waals surface area contributed by atoms with Crippen LogP contribution < -0.4 is 4.90 Å². The third-order valence-electron chi connectivity index (χ3n) is 3.67. The lowest BCUT2D eigenvalue weighted by molar-refractivity contribution is -0.137. The van der Waals surface area contributed by atoms with Crippen molar-refractivity contribution in [2.45, 2.75) is 6.18 Å². The number of carbonyl (C=O) groups excluding carboxylic acids is 1. The third kappa shape index (κ3) is 2.98. The Kier molecular flexibility index (Phi) is 4.27. The van der Waals surface area contributed by atoms with Crippen LogP contribution in [0.4, 0.5) is 19.0 Å². The predicted octanol–water partition coefficient (Wildman–Crippen LogP) is 3.50. The Morgan fingerprint density at radius 1 is 1.40 bits per heavy atom. The van der Waals surface area contributed by atoms with Gasteiger partial charge in [-0.05, 0) is 18.2 Å². The van der Waals surface area contributed by atoms with Gasteiger partial charge in [0.25, 0.3) is 0 Å². The molecule has 0 fully saturated rings. The average molecular weight is 367 g/mol. The molecule has 0 N–H and O–H groups in total. The Hall–Kier alpha value is -2.79. The zero-order valence-corrected chi connectivity index (χ0v) is 13.3. The molecule has 0 saturated heterocycles. The molecule has 3 rings (SSSR count). The van der Waals surface area contributed by atoms with E-state index >= 15 is 0 Å². The van der Waals surface area contributed by atoms with Gasteiger partial charge in [0.15, 0.2) is 5.82 Å². The molecule has 25 heavy (non-hydrogen) atoms. The van der Waals surface area contributed by atoms with Gasteiger partial charge in [0.1, 0.15) is 23.2 Å². The number of halogens is 4. The zero-order valence-electron chi connectivity index (χ0n) is 12.6. The second kappa shape index (κ2) is 6.26. The molecule has 1 aromatic heterocycles. The van der Waals surface area contributed by atoms with Crippen LogP contribution in [0, 0.1) is 11.3 Å². The molecule has 9 heteroatoms. The molecule has 1 amide bonds. The monoisotopic (exact) mass is 366 g/mol. The molecule has 128 valence electrons. The first kappa shape index (κ1) is 17.0. The maximum Gasteiger partial charge on any atom is 0.416 e. The van der Waals surface area contributed by atoms with Crippen molar-refractivity contribution in [2.75, 3.05) is 17.3 Å². The van der Waals surface area contributed by atoms with E-state index in [1.165, 1.54) is 21.7 Å². The second-order valence-corrected chi connectivity index (χ2v) is 5.47. The van der Waals surface area contributed by atoms with E-state index in [1.807, 2.05) is 6.07 Å². The minimum absolute atomic E-state index is 0.0159. The fourth-order valence-electron chi connectivity index (χ4n) is 2.57. The first-order valence-corrected chi connectivity index (χ1v) is 7.63. The molecule has 0 radical (unpaired) electrons. The van der Waals surface area contributed by atoms with Crippen molar-refractivity contribution < 1.29 is 18.0 Å². The van der Waals surface area contributed by atoms with Crippen LogP contribution in [0.5, 0.6) is 0 Å². The number of aromatic nitrogens is 2. The van der Waals surface area contributed by atoms with E-state index < -0.39 is 17.6 Å². The number of carbonyl (C=O) groups is 1. The molecule has 5 nitrogen and oxygen atoms in total. The number of amides is 1. The Bertz CT molecular complexity index is 911. The first-order valence-electron chi connectivity index (χ1n) is 7.10. The number of hydrogen-bond donors (Lipinski definition) is 0. The molecule has 1 aliphatic heterocycles. The summed E-state index contributed by atoms with van der Waals surface area (Å²) in [6, 6.07) is 6.47.